The molecule has 3 atom stereocenters. The molecule has 5 heteroatoms. The van der Waals surface area contributed by atoms with Crippen LogP contribution < -0.4 is 0 Å². The van der Waals surface area contributed by atoms with Gasteiger partial charge < -0.3 is 14.4 Å². The summed E-state index contributed by atoms with van der Waals surface area (Å²) >= 11 is 0. The van der Waals surface area contributed by atoms with Crippen molar-refractivity contribution in [2.75, 3.05) is 26.9 Å². The molecule has 5 nitrogen and oxygen atoms in total. The van der Waals surface area contributed by atoms with Crippen LogP contribution in [0.5, 0.6) is 0 Å². The van der Waals surface area contributed by atoms with Crippen molar-refractivity contribution in [3.63, 3.8) is 0 Å². The van der Waals surface area contributed by atoms with Gasteiger partial charge in [0.25, 0.3) is 0 Å². The van der Waals surface area contributed by atoms with Crippen molar-refractivity contribution >= 4 is 5.91 Å². The Morgan fingerprint density at radius 1 is 1.43 bits per heavy atom. The largest absolute Gasteiger partial charge is 0.381 e. The molecule has 1 aromatic rings. The van der Waals surface area contributed by atoms with Crippen LogP contribution in [0.25, 0.3) is 0 Å². The van der Waals surface area contributed by atoms with Gasteiger partial charge in [-0.2, -0.15) is 0 Å². The molecule has 0 N–H and O–H groups in total. The molecule has 2 fully saturated rings. The summed E-state index contributed by atoms with van der Waals surface area (Å²) in [6.07, 6.45) is 4.67. The second-order valence-electron chi connectivity index (χ2n) is 6.27. The topological polar surface area (TPSA) is 51.7 Å². The molecule has 1 aromatic heterocycles. The molecule has 4 rings (SSSR count). The van der Waals surface area contributed by atoms with Crippen LogP contribution >= 0.6 is 0 Å². The fraction of sp³-hybridized carbons (Fsp3) is 0.625. The zero-order chi connectivity index (χ0) is 14.4. The molecule has 112 valence electrons. The Bertz CT molecular complexity index is 565. The number of nitrogens with zero attached hydrogens (tertiary/aromatic N) is 2. The smallest absolute Gasteiger partial charge is 0.226 e. The van der Waals surface area contributed by atoms with Crippen LogP contribution in [-0.4, -0.2) is 42.7 Å². The summed E-state index contributed by atoms with van der Waals surface area (Å²) in [7, 11) is 1.70. The average Bonchev–Trinajstić information content (AvgIpc) is 2.98. The molecule has 3 aliphatic rings. The number of hydrogen-bond donors (Lipinski definition) is 0. The molecule has 1 unspecified atom stereocenters. The summed E-state index contributed by atoms with van der Waals surface area (Å²) in [5.74, 6) is 1.50. The lowest BCUT2D eigenvalue weighted by atomic mass is 9.97. The van der Waals surface area contributed by atoms with Gasteiger partial charge in [0.1, 0.15) is 0 Å². The Labute approximate surface area is 124 Å². The van der Waals surface area contributed by atoms with Crippen molar-refractivity contribution in [3.05, 3.63) is 29.1 Å². The molecule has 3 heterocycles. The highest BCUT2D eigenvalue weighted by atomic mass is 16.5. The summed E-state index contributed by atoms with van der Waals surface area (Å²) < 4.78 is 10.6. The summed E-state index contributed by atoms with van der Waals surface area (Å²) in [6.45, 7) is 3.63. The highest BCUT2D eigenvalue weighted by Crippen LogP contribution is 2.51. The van der Waals surface area contributed by atoms with Crippen molar-refractivity contribution in [1.29, 1.82) is 0 Å². The van der Waals surface area contributed by atoms with Gasteiger partial charge in [-0.1, -0.05) is 0 Å². The van der Waals surface area contributed by atoms with Gasteiger partial charge in [0.15, 0.2) is 0 Å². The highest BCUT2D eigenvalue weighted by Gasteiger charge is 2.58. The van der Waals surface area contributed by atoms with E-state index in [1.807, 2.05) is 17.3 Å². The number of carbonyl (C=O) groups excluding carboxylic acids is 1. The van der Waals surface area contributed by atoms with Crippen LogP contribution in [0.15, 0.2) is 12.4 Å². The number of aromatic nitrogens is 1. The predicted octanol–water partition coefficient (Wildman–Crippen LogP) is 1.01. The standard InChI is InChI=1S/C16H20N2O3/c1-20-7-11-5-17-4-10-6-18(3-2-12(10)11)16(19)15-13-8-21-9-14(13)15/h4-5,13-15H,2-3,6-9H2,1H3/t13-,14+,15?. The molecule has 0 bridgehead atoms. The molecule has 1 saturated carbocycles. The molecule has 1 aliphatic carbocycles. The molecule has 2 aliphatic heterocycles. The molecular weight excluding hydrogens is 268 g/mol. The first-order valence-corrected chi connectivity index (χ1v) is 7.59. The normalized spacial score (nSPS) is 30.0. The SMILES string of the molecule is COCc1cncc2c1CCN(C(=O)C1[C@H]3COC[C@@H]13)C2. The minimum atomic E-state index is 0.218. The lowest BCUT2D eigenvalue weighted by Crippen LogP contribution is -2.38. The summed E-state index contributed by atoms with van der Waals surface area (Å²) in [4.78, 5) is 18.9. The van der Waals surface area contributed by atoms with Gasteiger partial charge >= 0.3 is 0 Å². The van der Waals surface area contributed by atoms with E-state index in [2.05, 4.69) is 4.98 Å². The number of fused-ring (bicyclic) bond motifs is 2. The number of rotatable bonds is 3. The van der Waals surface area contributed by atoms with E-state index in [4.69, 9.17) is 9.47 Å². The number of carbonyl (C=O) groups is 1. The van der Waals surface area contributed by atoms with Crippen molar-refractivity contribution in [3.8, 4) is 0 Å². The molecule has 1 saturated heterocycles. The quantitative estimate of drug-likeness (QED) is 0.833. The van der Waals surface area contributed by atoms with Crippen LogP contribution in [-0.2, 0) is 33.8 Å². The molecule has 1 amide bonds. The van der Waals surface area contributed by atoms with E-state index >= 15 is 0 Å². The van der Waals surface area contributed by atoms with Crippen LogP contribution in [0, 0.1) is 17.8 Å². The fourth-order valence-corrected chi connectivity index (χ4v) is 3.85. The molecule has 0 aromatic carbocycles. The second kappa shape index (κ2) is 5.07. The van der Waals surface area contributed by atoms with Crippen LogP contribution in [0.3, 0.4) is 0 Å². The first kappa shape index (κ1) is 13.2. The third-order valence-corrected chi connectivity index (χ3v) is 5.08. The minimum absolute atomic E-state index is 0.218. The Morgan fingerprint density at radius 2 is 2.24 bits per heavy atom. The molecule has 21 heavy (non-hydrogen) atoms. The van der Waals surface area contributed by atoms with Crippen molar-refractivity contribution in [1.82, 2.24) is 9.88 Å². The van der Waals surface area contributed by atoms with Gasteiger partial charge in [0, 0.05) is 38.5 Å². The maximum Gasteiger partial charge on any atom is 0.226 e. The fourth-order valence-electron chi connectivity index (χ4n) is 3.85. The van der Waals surface area contributed by atoms with E-state index in [9.17, 15) is 4.79 Å². The number of methoxy groups -OCH3 is 1. The van der Waals surface area contributed by atoms with Crippen molar-refractivity contribution in [2.24, 2.45) is 17.8 Å². The summed E-state index contributed by atoms with van der Waals surface area (Å²) in [5, 5.41) is 0. The highest BCUT2D eigenvalue weighted by molar-refractivity contribution is 5.83. The number of pyridine rings is 1. The number of ether oxygens (including phenoxy) is 2. The van der Waals surface area contributed by atoms with Gasteiger partial charge in [0.2, 0.25) is 5.91 Å². The summed E-state index contributed by atoms with van der Waals surface area (Å²) in [6, 6.07) is 0. The predicted molar refractivity (Wildman–Crippen MR) is 75.4 cm³/mol. The third-order valence-electron chi connectivity index (χ3n) is 5.08. The maximum atomic E-state index is 12.6. The van der Waals surface area contributed by atoms with E-state index in [-0.39, 0.29) is 5.92 Å². The van der Waals surface area contributed by atoms with Gasteiger partial charge in [0.05, 0.1) is 19.8 Å². The Morgan fingerprint density at radius 3 is 3.00 bits per heavy atom. The van der Waals surface area contributed by atoms with Crippen LogP contribution in [0.2, 0.25) is 0 Å². The zero-order valence-electron chi connectivity index (χ0n) is 12.2. The van der Waals surface area contributed by atoms with E-state index < -0.39 is 0 Å². The van der Waals surface area contributed by atoms with Crippen molar-refractivity contribution in [2.45, 2.75) is 19.6 Å². The monoisotopic (exact) mass is 288 g/mol. The van der Waals surface area contributed by atoms with E-state index in [0.29, 0.717) is 30.9 Å². The molecular formula is C16H20N2O3. The first-order chi connectivity index (χ1) is 10.3. The van der Waals surface area contributed by atoms with Crippen LogP contribution in [0.4, 0.5) is 0 Å². The summed E-state index contributed by atoms with van der Waals surface area (Å²) in [5.41, 5.74) is 3.64. The van der Waals surface area contributed by atoms with E-state index in [0.717, 1.165) is 31.7 Å². The number of hydrogen-bond acceptors (Lipinski definition) is 4. The Balaban J connectivity index is 1.49. The minimum Gasteiger partial charge on any atom is -0.381 e. The zero-order valence-corrected chi connectivity index (χ0v) is 12.2. The van der Waals surface area contributed by atoms with E-state index in [1.54, 1.807) is 7.11 Å². The lowest BCUT2D eigenvalue weighted by Gasteiger charge is -2.30. The lowest BCUT2D eigenvalue weighted by molar-refractivity contribution is -0.135. The van der Waals surface area contributed by atoms with Gasteiger partial charge in [-0.05, 0) is 34.9 Å². The Hall–Kier alpha value is -1.46. The van der Waals surface area contributed by atoms with E-state index in [1.165, 1.54) is 11.1 Å². The second-order valence-corrected chi connectivity index (χ2v) is 6.27. The first-order valence-electron chi connectivity index (χ1n) is 7.59. The number of amides is 1. The van der Waals surface area contributed by atoms with Crippen molar-refractivity contribution < 1.29 is 14.3 Å². The molecule has 0 radical (unpaired) electrons. The van der Waals surface area contributed by atoms with Gasteiger partial charge in [-0.3, -0.25) is 9.78 Å². The maximum absolute atomic E-state index is 12.6. The third kappa shape index (κ3) is 2.15. The van der Waals surface area contributed by atoms with Gasteiger partial charge in [-0.25, -0.2) is 0 Å². The average molecular weight is 288 g/mol. The molecule has 0 spiro atoms. The van der Waals surface area contributed by atoms with Gasteiger partial charge in [-0.15, -0.1) is 0 Å². The van der Waals surface area contributed by atoms with Crippen LogP contribution in [0.1, 0.15) is 16.7 Å². The Kier molecular flexibility index (Phi) is 3.19.